The molecular weight excluding hydrogens is 236 g/mol. The zero-order valence-electron chi connectivity index (χ0n) is 6.66. The summed E-state index contributed by atoms with van der Waals surface area (Å²) in [4.78, 5) is 10.8. The third-order valence-corrected chi connectivity index (χ3v) is 2.62. The van der Waals surface area contributed by atoms with E-state index in [1.807, 2.05) is 12.1 Å². The maximum atomic E-state index is 10.8. The summed E-state index contributed by atoms with van der Waals surface area (Å²) in [6.45, 7) is 0.268. The Morgan fingerprint density at radius 3 is 2.38 bits per heavy atom. The Labute approximate surface area is 83.5 Å². The van der Waals surface area contributed by atoms with Gasteiger partial charge in [0.15, 0.2) is 0 Å². The highest BCUT2D eigenvalue weighted by atomic mass is 79.9. The van der Waals surface area contributed by atoms with Crippen LogP contribution in [0.15, 0.2) is 28.7 Å². The first kappa shape index (κ1) is 8.72. The third kappa shape index (κ3) is 1.36. The Bertz CT molecular complexity index is 340. The number of carbonyl (C=O) groups is 1. The van der Waals surface area contributed by atoms with E-state index in [9.17, 15) is 4.79 Å². The molecule has 3 nitrogen and oxygen atoms in total. The van der Waals surface area contributed by atoms with Gasteiger partial charge < -0.3 is 9.84 Å². The molecule has 2 rings (SSSR count). The normalized spacial score (nSPS) is 25.6. The number of halogens is 1. The number of benzene rings is 1. The second kappa shape index (κ2) is 2.82. The molecule has 1 unspecified atom stereocenters. The van der Waals surface area contributed by atoms with Crippen LogP contribution in [0, 0.1) is 0 Å². The number of hydrogen-bond donors (Lipinski definition) is 1. The van der Waals surface area contributed by atoms with Crippen molar-refractivity contribution < 1.29 is 14.6 Å². The van der Waals surface area contributed by atoms with Crippen LogP contribution in [0.4, 0.5) is 0 Å². The number of ether oxygens (including phenoxy) is 1. The molecule has 1 aromatic carbocycles. The lowest BCUT2D eigenvalue weighted by Gasteiger charge is -2.05. The highest BCUT2D eigenvalue weighted by Crippen LogP contribution is 2.39. The van der Waals surface area contributed by atoms with E-state index in [4.69, 9.17) is 9.84 Å². The minimum Gasteiger partial charge on any atom is -0.479 e. The van der Waals surface area contributed by atoms with Crippen molar-refractivity contribution in [3.8, 4) is 0 Å². The summed E-state index contributed by atoms with van der Waals surface area (Å²) in [6, 6.07) is 7.12. The lowest BCUT2D eigenvalue weighted by Crippen LogP contribution is -2.21. The Balaban J connectivity index is 2.36. The maximum absolute atomic E-state index is 10.8. The van der Waals surface area contributed by atoms with Crippen molar-refractivity contribution in [1.29, 1.82) is 0 Å². The zero-order chi connectivity index (χ0) is 9.47. The fourth-order valence-corrected chi connectivity index (χ4v) is 1.47. The van der Waals surface area contributed by atoms with Crippen molar-refractivity contribution >= 4 is 21.9 Å². The average Bonchev–Trinajstić information content (AvgIpc) is 2.86. The summed E-state index contributed by atoms with van der Waals surface area (Å²) in [5, 5.41) is 8.89. The molecule has 0 bridgehead atoms. The molecule has 4 heteroatoms. The van der Waals surface area contributed by atoms with Crippen LogP contribution in [0.1, 0.15) is 5.56 Å². The van der Waals surface area contributed by atoms with Crippen molar-refractivity contribution in [1.82, 2.24) is 0 Å². The minimum absolute atomic E-state index is 0.268. The SMILES string of the molecule is O=C(O)C1(c2ccc(Br)cc2)CO1. The van der Waals surface area contributed by atoms with Crippen molar-refractivity contribution in [3.63, 3.8) is 0 Å². The molecule has 1 aliphatic heterocycles. The number of hydrogen-bond acceptors (Lipinski definition) is 2. The summed E-state index contributed by atoms with van der Waals surface area (Å²) in [6.07, 6.45) is 0. The molecule has 1 aliphatic rings. The Kier molecular flexibility index (Phi) is 1.89. The first-order valence-corrected chi connectivity index (χ1v) is 4.58. The number of epoxide rings is 1. The molecule has 0 saturated carbocycles. The second-order valence-electron chi connectivity index (χ2n) is 2.93. The van der Waals surface area contributed by atoms with Crippen LogP contribution in [0.2, 0.25) is 0 Å². The van der Waals surface area contributed by atoms with Crippen LogP contribution in [-0.2, 0) is 15.1 Å². The molecule has 1 atom stereocenters. The van der Waals surface area contributed by atoms with Crippen LogP contribution in [0.3, 0.4) is 0 Å². The van der Waals surface area contributed by atoms with E-state index < -0.39 is 11.6 Å². The Morgan fingerprint density at radius 1 is 1.46 bits per heavy atom. The molecule has 68 valence electrons. The lowest BCUT2D eigenvalue weighted by atomic mass is 10.0. The van der Waals surface area contributed by atoms with Gasteiger partial charge in [0.05, 0.1) is 6.61 Å². The van der Waals surface area contributed by atoms with Crippen LogP contribution < -0.4 is 0 Å². The summed E-state index contributed by atoms with van der Waals surface area (Å²) in [5.74, 6) is -0.921. The van der Waals surface area contributed by atoms with E-state index in [1.165, 1.54) is 0 Å². The topological polar surface area (TPSA) is 49.8 Å². The van der Waals surface area contributed by atoms with E-state index in [0.717, 1.165) is 4.47 Å². The van der Waals surface area contributed by atoms with Crippen LogP contribution >= 0.6 is 15.9 Å². The van der Waals surface area contributed by atoms with Gasteiger partial charge in [-0.25, -0.2) is 4.79 Å². The van der Waals surface area contributed by atoms with Crippen LogP contribution in [-0.4, -0.2) is 17.7 Å². The Hall–Kier alpha value is -0.870. The molecular formula is C9H7BrO3. The molecule has 0 aliphatic carbocycles. The summed E-state index contributed by atoms with van der Waals surface area (Å²) in [7, 11) is 0. The van der Waals surface area contributed by atoms with Crippen molar-refractivity contribution in [3.05, 3.63) is 34.3 Å². The average molecular weight is 243 g/mol. The minimum atomic E-state index is -1.07. The second-order valence-corrected chi connectivity index (χ2v) is 3.84. The number of carboxylic acid groups (broad SMARTS) is 1. The molecule has 1 aromatic rings. The number of aliphatic carboxylic acids is 1. The summed E-state index contributed by atoms with van der Waals surface area (Å²) in [5.41, 5.74) is -0.371. The monoisotopic (exact) mass is 242 g/mol. The van der Waals surface area contributed by atoms with E-state index in [0.29, 0.717) is 5.56 Å². The zero-order valence-corrected chi connectivity index (χ0v) is 8.24. The van der Waals surface area contributed by atoms with Gasteiger partial charge in [0.25, 0.3) is 0 Å². The predicted octanol–water partition coefficient (Wildman–Crippen LogP) is 1.76. The van der Waals surface area contributed by atoms with Crippen molar-refractivity contribution in [2.45, 2.75) is 5.60 Å². The molecule has 1 fully saturated rings. The van der Waals surface area contributed by atoms with Crippen LogP contribution in [0.5, 0.6) is 0 Å². The Morgan fingerprint density at radius 2 is 2.00 bits per heavy atom. The van der Waals surface area contributed by atoms with Crippen molar-refractivity contribution in [2.24, 2.45) is 0 Å². The van der Waals surface area contributed by atoms with Gasteiger partial charge in [-0.05, 0) is 17.7 Å². The smallest absolute Gasteiger partial charge is 0.343 e. The van der Waals surface area contributed by atoms with Gasteiger partial charge in [-0.2, -0.15) is 0 Å². The summed E-state index contributed by atoms with van der Waals surface area (Å²) < 4.78 is 5.90. The van der Waals surface area contributed by atoms with Crippen LogP contribution in [0.25, 0.3) is 0 Å². The fourth-order valence-electron chi connectivity index (χ4n) is 1.20. The molecule has 0 radical (unpaired) electrons. The van der Waals surface area contributed by atoms with Gasteiger partial charge in [0.2, 0.25) is 5.60 Å². The van der Waals surface area contributed by atoms with Gasteiger partial charge in [-0.1, -0.05) is 28.1 Å². The predicted molar refractivity (Wildman–Crippen MR) is 49.4 cm³/mol. The molecule has 0 aromatic heterocycles. The molecule has 0 spiro atoms. The lowest BCUT2D eigenvalue weighted by molar-refractivity contribution is -0.143. The molecule has 1 heterocycles. The number of carboxylic acids is 1. The fraction of sp³-hybridized carbons (Fsp3) is 0.222. The molecule has 1 saturated heterocycles. The van der Waals surface area contributed by atoms with E-state index in [2.05, 4.69) is 15.9 Å². The standard InChI is InChI=1S/C9H7BrO3/c10-7-3-1-6(2-4-7)9(5-13-9)8(11)12/h1-4H,5H2,(H,11,12). The van der Waals surface area contributed by atoms with E-state index >= 15 is 0 Å². The van der Waals surface area contributed by atoms with Gasteiger partial charge in [-0.3, -0.25) is 0 Å². The van der Waals surface area contributed by atoms with E-state index in [1.54, 1.807) is 12.1 Å². The molecule has 0 amide bonds. The van der Waals surface area contributed by atoms with Gasteiger partial charge in [-0.15, -0.1) is 0 Å². The largest absolute Gasteiger partial charge is 0.479 e. The quantitative estimate of drug-likeness (QED) is 0.805. The first-order chi connectivity index (χ1) is 6.15. The van der Waals surface area contributed by atoms with Gasteiger partial charge in [0, 0.05) is 4.47 Å². The number of rotatable bonds is 2. The highest BCUT2D eigenvalue weighted by Gasteiger charge is 2.54. The van der Waals surface area contributed by atoms with Crippen molar-refractivity contribution in [2.75, 3.05) is 6.61 Å². The molecule has 13 heavy (non-hydrogen) atoms. The third-order valence-electron chi connectivity index (χ3n) is 2.09. The first-order valence-electron chi connectivity index (χ1n) is 3.78. The maximum Gasteiger partial charge on any atom is 0.343 e. The highest BCUT2D eigenvalue weighted by molar-refractivity contribution is 9.10. The van der Waals surface area contributed by atoms with E-state index in [-0.39, 0.29) is 6.61 Å². The molecule has 1 N–H and O–H groups in total. The van der Waals surface area contributed by atoms with Gasteiger partial charge in [0.1, 0.15) is 0 Å². The summed E-state index contributed by atoms with van der Waals surface area (Å²) >= 11 is 3.28. The van der Waals surface area contributed by atoms with Gasteiger partial charge >= 0.3 is 5.97 Å².